The number of nitrogens with one attached hydrogen (secondary N) is 7. The van der Waals surface area contributed by atoms with Gasteiger partial charge in [-0.15, -0.1) is 0 Å². The summed E-state index contributed by atoms with van der Waals surface area (Å²) in [4.78, 5) is 123. The third kappa shape index (κ3) is 35.7. The number of carboxylic acid groups (broad SMARTS) is 3. The molecule has 0 aliphatic carbocycles. The molecular weight excluding hydrogens is 981 g/mol. The number of hydrogen-bond acceptors (Lipinski definition) is 18. The van der Waals surface area contributed by atoms with Crippen molar-refractivity contribution in [3.8, 4) is 0 Å². The Hall–Kier alpha value is -5.42. The molecule has 74 heavy (non-hydrogen) atoms. The van der Waals surface area contributed by atoms with Crippen LogP contribution in [0, 0.1) is 0 Å². The van der Waals surface area contributed by atoms with Crippen LogP contribution >= 0.6 is 0 Å². The van der Waals surface area contributed by atoms with Crippen molar-refractivity contribution in [2.75, 3.05) is 86.1 Å². The minimum atomic E-state index is -1.81. The lowest BCUT2D eigenvalue weighted by Crippen LogP contribution is -2.60. The van der Waals surface area contributed by atoms with Gasteiger partial charge in [-0.3, -0.25) is 58.2 Å². The summed E-state index contributed by atoms with van der Waals surface area (Å²) in [6.45, 7) is -5.18. The number of unbranched alkanes of at least 4 members (excludes halogenated alkanes) is 14. The number of rotatable bonds is 48. The van der Waals surface area contributed by atoms with E-state index in [9.17, 15) is 68.4 Å². The van der Waals surface area contributed by atoms with Crippen molar-refractivity contribution < 1.29 is 93.2 Å². The van der Waals surface area contributed by atoms with Crippen molar-refractivity contribution in [2.45, 2.75) is 152 Å². The smallest absolute Gasteiger partial charge is 0.317 e. The van der Waals surface area contributed by atoms with E-state index in [1.807, 2.05) is 5.32 Å². The highest BCUT2D eigenvalue weighted by molar-refractivity contribution is 6.01. The molecule has 0 bridgehead atoms. The van der Waals surface area contributed by atoms with Gasteiger partial charge in [-0.1, -0.05) is 77.0 Å². The summed E-state index contributed by atoms with van der Waals surface area (Å²) in [6, 6.07) is -7.94. The van der Waals surface area contributed by atoms with E-state index >= 15 is 0 Å². The van der Waals surface area contributed by atoms with Crippen LogP contribution in [0.15, 0.2) is 0 Å². The molecule has 27 nitrogen and oxygen atoms in total. The summed E-state index contributed by atoms with van der Waals surface area (Å²) >= 11 is 0. The molecule has 0 saturated heterocycles. The molecule has 426 valence electrons. The number of hydrogen-bond donors (Lipinski definition) is 14. The minimum absolute atomic E-state index is 0.0387. The fourth-order valence-electron chi connectivity index (χ4n) is 7.21. The second-order valence-electron chi connectivity index (χ2n) is 17.6. The number of nitrogens with zero attached hydrogens (tertiary/aromatic N) is 1. The molecule has 0 fully saturated rings. The summed E-state index contributed by atoms with van der Waals surface area (Å²) < 4.78 is 10.6. The van der Waals surface area contributed by atoms with Gasteiger partial charge in [0.2, 0.25) is 29.5 Å². The molecule has 0 aromatic carbocycles. The zero-order valence-corrected chi connectivity index (χ0v) is 42.8. The van der Waals surface area contributed by atoms with Gasteiger partial charge in [0.25, 0.3) is 11.8 Å². The summed E-state index contributed by atoms with van der Waals surface area (Å²) in [5, 5.41) is 82.0. The molecule has 27 heteroatoms. The standard InChI is InChI=1S/C47H84N8O19/c1-48-34(28-56)44(69)52-35(29-57)45(70)50-33(18-16-17-22-55(26-41(64)65)27-42(66)67)43(68)51-36(30-58)46(71)53-37(31-59)47(72)54-39(61)32-74-25-24-73-23-21-49-38(60)19-14-12-10-8-6-4-2-3-5-7-9-11-13-15-20-40(62)63/h33-37,48,56-59H,2-32H2,1H3,(H,49,60)(H,50,70)(H,51,68)(H,52,69)(H,53,71)(H,62,63)(H,64,65)(H,66,67)(H,54,61,72)/t33-,34-,35-,36-,37-/m0/s1. The van der Waals surface area contributed by atoms with Crippen molar-refractivity contribution in [3.63, 3.8) is 0 Å². The number of ether oxygens (including phenoxy) is 2. The molecular formula is C47H84N8O19. The highest BCUT2D eigenvalue weighted by Crippen LogP contribution is 2.14. The van der Waals surface area contributed by atoms with E-state index in [1.54, 1.807) is 0 Å². The number of amides is 7. The van der Waals surface area contributed by atoms with Gasteiger partial charge in [0.15, 0.2) is 0 Å². The van der Waals surface area contributed by atoms with Crippen LogP contribution in [0.4, 0.5) is 0 Å². The van der Waals surface area contributed by atoms with Crippen molar-refractivity contribution >= 4 is 59.3 Å². The van der Waals surface area contributed by atoms with Crippen LogP contribution in [0.3, 0.4) is 0 Å². The zero-order valence-electron chi connectivity index (χ0n) is 42.8. The van der Waals surface area contributed by atoms with Crippen LogP contribution < -0.4 is 37.2 Å². The Kier molecular flexibility index (Phi) is 40.7. The van der Waals surface area contributed by atoms with Crippen molar-refractivity contribution in [1.82, 2.24) is 42.1 Å². The minimum Gasteiger partial charge on any atom is -0.481 e. The molecule has 14 N–H and O–H groups in total. The number of aliphatic hydroxyl groups is 4. The molecule has 0 spiro atoms. The van der Waals surface area contributed by atoms with Crippen LogP contribution in [-0.4, -0.2) is 216 Å². The highest BCUT2D eigenvalue weighted by Gasteiger charge is 2.32. The first-order chi connectivity index (χ1) is 35.4. The van der Waals surface area contributed by atoms with Gasteiger partial charge < -0.3 is 77.1 Å². The summed E-state index contributed by atoms with van der Waals surface area (Å²) in [5.41, 5.74) is 0. The predicted octanol–water partition coefficient (Wildman–Crippen LogP) is -2.76. The lowest BCUT2D eigenvalue weighted by Gasteiger charge is -2.26. The maximum atomic E-state index is 13.5. The molecule has 0 heterocycles. The van der Waals surface area contributed by atoms with Crippen molar-refractivity contribution in [1.29, 1.82) is 0 Å². The molecule has 0 aliphatic rings. The molecule has 5 atom stereocenters. The lowest BCUT2D eigenvalue weighted by molar-refractivity contribution is -0.142. The molecule has 0 aromatic heterocycles. The van der Waals surface area contributed by atoms with E-state index in [2.05, 4.69) is 31.9 Å². The predicted molar refractivity (Wildman–Crippen MR) is 264 cm³/mol. The van der Waals surface area contributed by atoms with Gasteiger partial charge in [-0.2, -0.15) is 0 Å². The maximum Gasteiger partial charge on any atom is 0.317 e. The Balaban J connectivity index is 4.78. The molecule has 0 saturated carbocycles. The fraction of sp³-hybridized carbons (Fsp3) is 0.787. The van der Waals surface area contributed by atoms with Crippen LogP contribution in [0.1, 0.15) is 122 Å². The third-order valence-corrected chi connectivity index (χ3v) is 11.3. The Morgan fingerprint density at radius 1 is 0.432 bits per heavy atom. The van der Waals surface area contributed by atoms with Crippen LogP contribution in [0.25, 0.3) is 0 Å². The number of aliphatic hydroxyl groups excluding tert-OH is 4. The van der Waals surface area contributed by atoms with Gasteiger partial charge in [-0.25, -0.2) is 0 Å². The SMILES string of the molecule is CN[C@@H](CO)C(=O)N[C@@H](CO)C(=O)N[C@@H](CCCCN(CC(=O)O)CC(=O)O)C(=O)N[C@@H](CO)C(=O)N[C@@H](CO)C(=O)NC(=O)COCCOCCNC(=O)CCCCCCCCCCCCCCCCC(=O)O. The summed E-state index contributed by atoms with van der Waals surface area (Å²) in [7, 11) is 1.35. The first-order valence-corrected chi connectivity index (χ1v) is 25.4. The molecule has 0 aromatic rings. The Morgan fingerprint density at radius 3 is 1.28 bits per heavy atom. The largest absolute Gasteiger partial charge is 0.481 e. The van der Waals surface area contributed by atoms with E-state index in [-0.39, 0.29) is 64.5 Å². The zero-order chi connectivity index (χ0) is 55.5. The fourth-order valence-corrected chi connectivity index (χ4v) is 7.21. The molecule has 0 radical (unpaired) electrons. The second-order valence-corrected chi connectivity index (χ2v) is 17.6. The molecule has 0 unspecified atom stereocenters. The highest BCUT2D eigenvalue weighted by atomic mass is 16.5. The Morgan fingerprint density at radius 2 is 0.838 bits per heavy atom. The van der Waals surface area contributed by atoms with Gasteiger partial charge in [0.05, 0.1) is 59.3 Å². The topological polar surface area (TPSA) is 418 Å². The average molecular weight is 1070 g/mol. The molecule has 0 aliphatic heterocycles. The number of carbonyl (C=O) groups is 10. The van der Waals surface area contributed by atoms with E-state index in [0.29, 0.717) is 6.42 Å². The Bertz CT molecular complexity index is 1660. The van der Waals surface area contributed by atoms with Gasteiger partial charge in [0.1, 0.15) is 36.8 Å². The van der Waals surface area contributed by atoms with Gasteiger partial charge in [0, 0.05) is 19.4 Å². The normalized spacial score (nSPS) is 13.2. The second kappa shape index (κ2) is 43.9. The monoisotopic (exact) mass is 1060 g/mol. The van der Waals surface area contributed by atoms with Crippen molar-refractivity contribution in [3.05, 3.63) is 0 Å². The van der Waals surface area contributed by atoms with E-state index in [1.165, 1.54) is 52.0 Å². The summed E-state index contributed by atoms with van der Waals surface area (Å²) in [5.74, 6) is -9.79. The van der Waals surface area contributed by atoms with E-state index in [4.69, 9.17) is 24.8 Å². The first-order valence-electron chi connectivity index (χ1n) is 25.4. The Labute approximate surface area is 432 Å². The van der Waals surface area contributed by atoms with E-state index < -0.39 is 130 Å². The lowest BCUT2D eigenvalue weighted by atomic mass is 10.0. The average Bonchev–Trinajstić information content (AvgIpc) is 3.35. The molecule has 0 rings (SSSR count). The van der Waals surface area contributed by atoms with Crippen LogP contribution in [0.2, 0.25) is 0 Å². The number of likely N-dealkylation sites (N-methyl/N-ethyl adjacent to an activating group) is 1. The van der Waals surface area contributed by atoms with Gasteiger partial charge >= 0.3 is 17.9 Å². The number of aliphatic carboxylic acids is 3. The molecule has 7 amide bonds. The van der Waals surface area contributed by atoms with Gasteiger partial charge in [-0.05, 0) is 45.7 Å². The van der Waals surface area contributed by atoms with Crippen LogP contribution in [0.5, 0.6) is 0 Å². The summed E-state index contributed by atoms with van der Waals surface area (Å²) in [6.07, 6.45) is 15.8. The first kappa shape index (κ1) is 68.6. The quantitative estimate of drug-likeness (QED) is 0.0275. The van der Waals surface area contributed by atoms with Crippen LogP contribution in [-0.2, 0) is 57.4 Å². The van der Waals surface area contributed by atoms with E-state index in [0.717, 1.165) is 49.8 Å². The number of carbonyl (C=O) groups excluding carboxylic acids is 7. The third-order valence-electron chi connectivity index (χ3n) is 11.3. The maximum absolute atomic E-state index is 13.5. The number of carboxylic acids is 3. The van der Waals surface area contributed by atoms with Crippen molar-refractivity contribution in [2.24, 2.45) is 0 Å². The number of imide groups is 1.